The number of Topliss-reactive ketones (excluding diaryl/α,β-unsaturated/α-hetero) is 1. The van der Waals surface area contributed by atoms with Gasteiger partial charge in [0.15, 0.2) is 0 Å². The molecule has 1 fully saturated rings. The van der Waals surface area contributed by atoms with Gasteiger partial charge in [0, 0.05) is 18.7 Å². The summed E-state index contributed by atoms with van der Waals surface area (Å²) in [6, 6.07) is 17.6. The fourth-order valence-corrected chi connectivity index (χ4v) is 4.36. The summed E-state index contributed by atoms with van der Waals surface area (Å²) in [5.41, 5.74) is 2.14. The number of methoxy groups -OCH3 is 2. The van der Waals surface area contributed by atoms with Crippen molar-refractivity contribution in [2.75, 3.05) is 19.1 Å². The van der Waals surface area contributed by atoms with Crippen LogP contribution in [-0.2, 0) is 20.8 Å². The molecular formula is C29H27NO7. The van der Waals surface area contributed by atoms with Gasteiger partial charge >= 0.3 is 5.97 Å². The van der Waals surface area contributed by atoms with Gasteiger partial charge in [-0.05, 0) is 53.9 Å². The van der Waals surface area contributed by atoms with Crippen molar-refractivity contribution in [2.24, 2.45) is 0 Å². The van der Waals surface area contributed by atoms with Gasteiger partial charge in [0.25, 0.3) is 11.7 Å². The second kappa shape index (κ2) is 10.6. The van der Waals surface area contributed by atoms with Crippen LogP contribution in [0, 0.1) is 0 Å². The van der Waals surface area contributed by atoms with Gasteiger partial charge < -0.3 is 19.3 Å². The average molecular weight is 502 g/mol. The lowest BCUT2D eigenvalue weighted by molar-refractivity contribution is -0.132. The molecule has 4 rings (SSSR count). The van der Waals surface area contributed by atoms with Crippen molar-refractivity contribution in [2.45, 2.75) is 26.3 Å². The van der Waals surface area contributed by atoms with Crippen LogP contribution in [-0.4, -0.2) is 37.0 Å². The van der Waals surface area contributed by atoms with E-state index in [0.717, 1.165) is 12.0 Å². The van der Waals surface area contributed by atoms with Crippen molar-refractivity contribution in [1.29, 1.82) is 0 Å². The van der Waals surface area contributed by atoms with Crippen LogP contribution in [0.5, 0.6) is 17.2 Å². The maximum Gasteiger partial charge on any atom is 0.308 e. The maximum atomic E-state index is 13.4. The van der Waals surface area contributed by atoms with Crippen molar-refractivity contribution in [3.05, 3.63) is 89.0 Å². The largest absolute Gasteiger partial charge is 0.507 e. The Labute approximate surface area is 214 Å². The Kier molecular flexibility index (Phi) is 7.29. The number of carbonyl (C=O) groups is 3. The van der Waals surface area contributed by atoms with Gasteiger partial charge in [-0.1, -0.05) is 31.2 Å². The van der Waals surface area contributed by atoms with Gasteiger partial charge in [-0.25, -0.2) is 0 Å². The Balaban J connectivity index is 1.95. The average Bonchev–Trinajstić information content (AvgIpc) is 3.17. The standard InChI is InChI=1S/C29H27NO7/c1-5-18-9-11-20(12-10-18)30-26(19-7-6-8-22(15-19)37-17(2)31)25(28(33)29(30)34)27(32)23-14-13-21(35-3)16-24(23)36-4/h6-16,26,32H,5H2,1-4H3/b27-25+. The highest BCUT2D eigenvalue weighted by molar-refractivity contribution is 6.51. The lowest BCUT2D eigenvalue weighted by Crippen LogP contribution is -2.29. The van der Waals surface area contributed by atoms with E-state index in [1.807, 2.05) is 19.1 Å². The number of aryl methyl sites for hydroxylation is 1. The number of ketones is 1. The fourth-order valence-electron chi connectivity index (χ4n) is 4.36. The highest BCUT2D eigenvalue weighted by Gasteiger charge is 2.47. The smallest absolute Gasteiger partial charge is 0.308 e. The number of carbonyl (C=O) groups excluding carboxylic acids is 3. The Morgan fingerprint density at radius 1 is 0.946 bits per heavy atom. The summed E-state index contributed by atoms with van der Waals surface area (Å²) in [5.74, 6) is -1.53. The van der Waals surface area contributed by atoms with Crippen molar-refractivity contribution < 1.29 is 33.7 Å². The van der Waals surface area contributed by atoms with E-state index in [4.69, 9.17) is 14.2 Å². The van der Waals surface area contributed by atoms with Crippen LogP contribution in [0.3, 0.4) is 0 Å². The number of aliphatic hydroxyl groups is 1. The summed E-state index contributed by atoms with van der Waals surface area (Å²) < 4.78 is 15.9. The van der Waals surface area contributed by atoms with E-state index in [-0.39, 0.29) is 22.6 Å². The SMILES string of the molecule is CCc1ccc(N2C(=O)C(=O)/C(=C(/O)c3ccc(OC)cc3OC)C2c2cccc(OC(C)=O)c2)cc1. The maximum absolute atomic E-state index is 13.4. The summed E-state index contributed by atoms with van der Waals surface area (Å²) >= 11 is 0. The van der Waals surface area contributed by atoms with E-state index in [9.17, 15) is 19.5 Å². The number of ether oxygens (including phenoxy) is 3. The molecule has 1 amide bonds. The predicted molar refractivity (Wildman–Crippen MR) is 138 cm³/mol. The van der Waals surface area contributed by atoms with E-state index in [1.54, 1.807) is 54.6 Å². The lowest BCUT2D eigenvalue weighted by Gasteiger charge is -2.26. The number of rotatable bonds is 7. The molecule has 1 N–H and O–H groups in total. The topological polar surface area (TPSA) is 102 Å². The zero-order valence-electron chi connectivity index (χ0n) is 21.0. The third-order valence-electron chi connectivity index (χ3n) is 6.17. The summed E-state index contributed by atoms with van der Waals surface area (Å²) in [5, 5.41) is 11.5. The zero-order chi connectivity index (χ0) is 26.7. The fraction of sp³-hybridized carbons (Fsp3) is 0.207. The first-order valence-corrected chi connectivity index (χ1v) is 11.7. The Morgan fingerprint density at radius 2 is 1.68 bits per heavy atom. The normalized spacial score (nSPS) is 16.5. The molecule has 1 aliphatic rings. The molecule has 1 unspecified atom stereocenters. The second-order valence-corrected chi connectivity index (χ2v) is 8.42. The highest BCUT2D eigenvalue weighted by atomic mass is 16.5. The van der Waals surface area contributed by atoms with E-state index in [0.29, 0.717) is 17.0 Å². The third-order valence-corrected chi connectivity index (χ3v) is 6.17. The minimum absolute atomic E-state index is 0.118. The molecule has 1 atom stereocenters. The van der Waals surface area contributed by atoms with Gasteiger partial charge in [0.1, 0.15) is 23.0 Å². The molecule has 37 heavy (non-hydrogen) atoms. The first-order valence-electron chi connectivity index (χ1n) is 11.7. The van der Waals surface area contributed by atoms with E-state index in [2.05, 4.69) is 0 Å². The van der Waals surface area contributed by atoms with Gasteiger partial charge in [-0.3, -0.25) is 19.3 Å². The van der Waals surface area contributed by atoms with Crippen LogP contribution in [0.25, 0.3) is 5.76 Å². The number of nitrogens with zero attached hydrogens (tertiary/aromatic N) is 1. The molecule has 8 heteroatoms. The summed E-state index contributed by atoms with van der Waals surface area (Å²) in [4.78, 5) is 39.7. The van der Waals surface area contributed by atoms with Crippen LogP contribution in [0.2, 0.25) is 0 Å². The van der Waals surface area contributed by atoms with Gasteiger partial charge in [-0.15, -0.1) is 0 Å². The quantitative estimate of drug-likeness (QED) is 0.163. The highest BCUT2D eigenvalue weighted by Crippen LogP contribution is 2.44. The Hall–Kier alpha value is -4.59. The number of hydrogen-bond donors (Lipinski definition) is 1. The molecular weight excluding hydrogens is 474 g/mol. The molecule has 0 bridgehead atoms. The molecule has 3 aromatic rings. The molecule has 0 saturated carbocycles. The van der Waals surface area contributed by atoms with Crippen molar-refractivity contribution >= 4 is 29.1 Å². The molecule has 0 aromatic heterocycles. The third kappa shape index (κ3) is 4.91. The Morgan fingerprint density at radius 3 is 2.30 bits per heavy atom. The Bertz CT molecular complexity index is 1390. The van der Waals surface area contributed by atoms with Crippen molar-refractivity contribution in [1.82, 2.24) is 0 Å². The van der Waals surface area contributed by atoms with Crippen molar-refractivity contribution in [3.8, 4) is 17.2 Å². The monoisotopic (exact) mass is 501 g/mol. The van der Waals surface area contributed by atoms with E-state index < -0.39 is 29.5 Å². The molecule has 190 valence electrons. The van der Waals surface area contributed by atoms with Crippen LogP contribution < -0.4 is 19.1 Å². The molecule has 1 aliphatic heterocycles. The summed E-state index contributed by atoms with van der Waals surface area (Å²) in [6.07, 6.45) is 0.810. The minimum atomic E-state index is -0.991. The molecule has 0 aliphatic carbocycles. The predicted octanol–water partition coefficient (Wildman–Crippen LogP) is 4.82. The molecule has 8 nitrogen and oxygen atoms in total. The summed E-state index contributed by atoms with van der Waals surface area (Å²) in [6.45, 7) is 3.30. The van der Waals surface area contributed by atoms with Crippen LogP contribution in [0.4, 0.5) is 5.69 Å². The number of benzene rings is 3. The van der Waals surface area contributed by atoms with Gasteiger partial charge in [0.05, 0.1) is 31.4 Å². The number of aliphatic hydroxyl groups excluding tert-OH is 1. The number of amides is 1. The molecule has 0 radical (unpaired) electrons. The summed E-state index contributed by atoms with van der Waals surface area (Å²) in [7, 11) is 2.93. The van der Waals surface area contributed by atoms with E-state index in [1.165, 1.54) is 26.0 Å². The van der Waals surface area contributed by atoms with Crippen LogP contribution in [0.1, 0.15) is 36.6 Å². The molecule has 0 spiro atoms. The number of esters is 1. The minimum Gasteiger partial charge on any atom is -0.507 e. The van der Waals surface area contributed by atoms with Gasteiger partial charge in [-0.2, -0.15) is 0 Å². The molecule has 1 saturated heterocycles. The van der Waals surface area contributed by atoms with Crippen LogP contribution in [0.15, 0.2) is 72.3 Å². The van der Waals surface area contributed by atoms with Crippen LogP contribution >= 0.6 is 0 Å². The molecule has 3 aromatic carbocycles. The number of anilines is 1. The van der Waals surface area contributed by atoms with Crippen molar-refractivity contribution in [3.63, 3.8) is 0 Å². The first kappa shape index (κ1) is 25.5. The van der Waals surface area contributed by atoms with Gasteiger partial charge in [0.2, 0.25) is 0 Å². The second-order valence-electron chi connectivity index (χ2n) is 8.42. The molecule has 1 heterocycles. The van der Waals surface area contributed by atoms with E-state index >= 15 is 0 Å². The first-order chi connectivity index (χ1) is 17.8. The lowest BCUT2D eigenvalue weighted by atomic mass is 9.94. The zero-order valence-corrected chi connectivity index (χ0v) is 21.0. The number of hydrogen-bond acceptors (Lipinski definition) is 7.